The van der Waals surface area contributed by atoms with Crippen LogP contribution in [0.2, 0.25) is 0 Å². The molecule has 3 fully saturated rings. The highest BCUT2D eigenvalue weighted by Gasteiger charge is 2.56. The van der Waals surface area contributed by atoms with E-state index >= 15 is 0 Å². The van der Waals surface area contributed by atoms with Gasteiger partial charge in [-0.15, -0.1) is 0 Å². The highest BCUT2D eigenvalue weighted by Crippen LogP contribution is 2.43. The first kappa shape index (κ1) is 18.3. The molecule has 0 N–H and O–H groups in total. The number of piperidine rings is 1. The predicted octanol–water partition coefficient (Wildman–Crippen LogP) is 3.30. The van der Waals surface area contributed by atoms with Gasteiger partial charge in [-0.2, -0.15) is 0 Å². The highest BCUT2D eigenvalue weighted by molar-refractivity contribution is 5.95. The van der Waals surface area contributed by atoms with Crippen LogP contribution in [0.25, 0.3) is 0 Å². The van der Waals surface area contributed by atoms with Gasteiger partial charge in [-0.3, -0.25) is 9.59 Å². The van der Waals surface area contributed by atoms with Gasteiger partial charge in [0.25, 0.3) is 5.91 Å². The molecule has 3 aliphatic rings. The fraction of sp³-hybridized carbons (Fsp3) is 0.636. The fourth-order valence-corrected chi connectivity index (χ4v) is 4.75. The van der Waals surface area contributed by atoms with E-state index in [-0.39, 0.29) is 11.8 Å². The minimum absolute atomic E-state index is 0.0764. The van der Waals surface area contributed by atoms with Crippen LogP contribution in [0.4, 0.5) is 0 Å². The first-order chi connectivity index (χ1) is 12.8. The molecule has 0 radical (unpaired) electrons. The Morgan fingerprint density at radius 3 is 2.56 bits per heavy atom. The minimum Gasteiger partial charge on any atom is -0.478 e. The normalized spacial score (nSPS) is 26.0. The lowest BCUT2D eigenvalue weighted by Gasteiger charge is -2.46. The largest absolute Gasteiger partial charge is 0.478 e. The molecule has 1 saturated carbocycles. The monoisotopic (exact) mass is 370 g/mol. The van der Waals surface area contributed by atoms with E-state index in [0.717, 1.165) is 50.6 Å². The molecule has 1 aliphatic carbocycles. The number of carbonyl (C=O) groups excluding carboxylic acids is 2. The van der Waals surface area contributed by atoms with Gasteiger partial charge in [0.1, 0.15) is 11.3 Å². The van der Waals surface area contributed by atoms with Crippen molar-refractivity contribution in [1.82, 2.24) is 9.80 Å². The third kappa shape index (κ3) is 3.21. The van der Waals surface area contributed by atoms with Gasteiger partial charge in [0, 0.05) is 19.1 Å². The molecule has 1 unspecified atom stereocenters. The average molecular weight is 370 g/mol. The number of ether oxygens (including phenoxy) is 1. The van der Waals surface area contributed by atoms with Crippen LogP contribution >= 0.6 is 0 Å². The number of nitrogens with zero attached hydrogens (tertiary/aromatic N) is 2. The van der Waals surface area contributed by atoms with E-state index in [1.807, 2.05) is 54.8 Å². The Morgan fingerprint density at radius 1 is 1.19 bits per heavy atom. The van der Waals surface area contributed by atoms with E-state index in [1.54, 1.807) is 0 Å². The zero-order valence-corrected chi connectivity index (χ0v) is 16.7. The van der Waals surface area contributed by atoms with Crippen LogP contribution in [-0.4, -0.2) is 51.9 Å². The van der Waals surface area contributed by atoms with Crippen molar-refractivity contribution in [3.8, 4) is 5.75 Å². The zero-order valence-electron chi connectivity index (χ0n) is 16.7. The summed E-state index contributed by atoms with van der Waals surface area (Å²) in [5, 5.41) is 0. The number of benzene rings is 1. The molecule has 1 aromatic rings. The molecule has 27 heavy (non-hydrogen) atoms. The van der Waals surface area contributed by atoms with Crippen molar-refractivity contribution in [2.75, 3.05) is 13.1 Å². The van der Waals surface area contributed by atoms with Crippen LogP contribution in [0.15, 0.2) is 24.3 Å². The molecule has 2 heterocycles. The van der Waals surface area contributed by atoms with Gasteiger partial charge in [0.05, 0.1) is 0 Å². The van der Waals surface area contributed by atoms with Crippen LogP contribution in [0.5, 0.6) is 5.75 Å². The molecule has 0 aromatic heterocycles. The van der Waals surface area contributed by atoms with Gasteiger partial charge in [0.15, 0.2) is 5.60 Å². The molecule has 5 nitrogen and oxygen atoms in total. The summed E-state index contributed by atoms with van der Waals surface area (Å²) in [4.78, 5) is 30.8. The van der Waals surface area contributed by atoms with Crippen LogP contribution in [0.3, 0.4) is 0 Å². The van der Waals surface area contributed by atoms with Crippen LogP contribution in [0, 0.1) is 6.92 Å². The molecule has 0 bridgehead atoms. The van der Waals surface area contributed by atoms with Crippen molar-refractivity contribution in [2.24, 2.45) is 0 Å². The first-order valence-corrected chi connectivity index (χ1v) is 10.2. The van der Waals surface area contributed by atoms with Gasteiger partial charge in [-0.05, 0) is 77.0 Å². The molecule has 2 amide bonds. The summed E-state index contributed by atoms with van der Waals surface area (Å²) in [7, 11) is 0. The number of rotatable bonds is 4. The quantitative estimate of drug-likeness (QED) is 0.817. The average Bonchev–Trinajstić information content (AvgIpc) is 3.37. The summed E-state index contributed by atoms with van der Waals surface area (Å²) < 4.78 is 6.10. The molecule has 5 heteroatoms. The van der Waals surface area contributed by atoms with E-state index in [0.29, 0.717) is 18.3 Å². The first-order valence-electron chi connectivity index (χ1n) is 10.2. The summed E-state index contributed by atoms with van der Waals surface area (Å²) in [6.45, 7) is 7.12. The number of likely N-dealkylation sites (tertiary alicyclic amines) is 2. The topological polar surface area (TPSA) is 49.9 Å². The smallest absolute Gasteiger partial charge is 0.267 e. The zero-order chi connectivity index (χ0) is 19.2. The maximum Gasteiger partial charge on any atom is 0.267 e. The van der Waals surface area contributed by atoms with Gasteiger partial charge in [-0.1, -0.05) is 12.1 Å². The lowest BCUT2D eigenvalue weighted by atomic mass is 9.84. The Labute approximate surface area is 161 Å². The number of aryl methyl sites for hydroxylation is 1. The van der Waals surface area contributed by atoms with Gasteiger partial charge in [0.2, 0.25) is 5.91 Å². The fourth-order valence-electron chi connectivity index (χ4n) is 4.75. The van der Waals surface area contributed by atoms with Crippen LogP contribution < -0.4 is 4.74 Å². The molecule has 2 saturated heterocycles. The molecule has 1 aromatic carbocycles. The lowest BCUT2D eigenvalue weighted by Crippen LogP contribution is -2.64. The lowest BCUT2D eigenvalue weighted by molar-refractivity contribution is -0.162. The Balaban J connectivity index is 1.57. The van der Waals surface area contributed by atoms with Crippen LogP contribution in [-0.2, 0) is 9.59 Å². The van der Waals surface area contributed by atoms with E-state index in [1.165, 1.54) is 0 Å². The maximum absolute atomic E-state index is 13.5. The number of amides is 2. The summed E-state index contributed by atoms with van der Waals surface area (Å²) in [6.07, 6.45) is 5.64. The third-order valence-corrected chi connectivity index (χ3v) is 6.25. The summed E-state index contributed by atoms with van der Waals surface area (Å²) in [5.74, 6) is 0.789. The standard InChI is InChI=1S/C22H30N2O3/c1-16-7-4-8-18(15-16)27-21(2,3)19(25)24-14-6-12-22(24)11-5-13-23(20(22)26)17-9-10-17/h4,7-8,15,17H,5-6,9-14H2,1-3H3. The summed E-state index contributed by atoms with van der Waals surface area (Å²) in [5.41, 5.74) is -0.561. The number of carbonyl (C=O) groups is 2. The second-order valence-electron chi connectivity index (χ2n) is 8.85. The second kappa shape index (κ2) is 6.54. The van der Waals surface area contributed by atoms with E-state index < -0.39 is 11.1 Å². The van der Waals surface area contributed by atoms with Crippen molar-refractivity contribution < 1.29 is 14.3 Å². The van der Waals surface area contributed by atoms with Crippen molar-refractivity contribution in [3.63, 3.8) is 0 Å². The SMILES string of the molecule is Cc1cccc(OC(C)(C)C(=O)N2CCCC23CCCN(C2CC2)C3=O)c1. The summed E-state index contributed by atoms with van der Waals surface area (Å²) in [6, 6.07) is 8.16. The predicted molar refractivity (Wildman–Crippen MR) is 104 cm³/mol. The number of hydrogen-bond donors (Lipinski definition) is 0. The molecule has 1 atom stereocenters. The Kier molecular flexibility index (Phi) is 4.44. The van der Waals surface area contributed by atoms with E-state index in [9.17, 15) is 9.59 Å². The molecule has 146 valence electrons. The molecular weight excluding hydrogens is 340 g/mol. The minimum atomic E-state index is -1.01. The third-order valence-electron chi connectivity index (χ3n) is 6.25. The van der Waals surface area contributed by atoms with Crippen LogP contribution in [0.1, 0.15) is 57.9 Å². The molecular formula is C22H30N2O3. The van der Waals surface area contributed by atoms with E-state index in [4.69, 9.17) is 4.74 Å². The van der Waals surface area contributed by atoms with Gasteiger partial charge >= 0.3 is 0 Å². The second-order valence-corrected chi connectivity index (χ2v) is 8.85. The molecule has 4 rings (SSSR count). The Hall–Kier alpha value is -2.04. The Bertz CT molecular complexity index is 756. The van der Waals surface area contributed by atoms with Crippen molar-refractivity contribution >= 4 is 11.8 Å². The van der Waals surface area contributed by atoms with Gasteiger partial charge < -0.3 is 14.5 Å². The van der Waals surface area contributed by atoms with E-state index in [2.05, 4.69) is 0 Å². The molecule has 1 spiro atoms. The van der Waals surface area contributed by atoms with Crippen molar-refractivity contribution in [2.45, 2.75) is 76.5 Å². The van der Waals surface area contributed by atoms with Crippen molar-refractivity contribution in [1.29, 1.82) is 0 Å². The Morgan fingerprint density at radius 2 is 1.89 bits per heavy atom. The number of hydrogen-bond acceptors (Lipinski definition) is 3. The summed E-state index contributed by atoms with van der Waals surface area (Å²) >= 11 is 0. The highest BCUT2D eigenvalue weighted by atomic mass is 16.5. The van der Waals surface area contributed by atoms with Crippen molar-refractivity contribution in [3.05, 3.63) is 29.8 Å². The molecule has 2 aliphatic heterocycles. The van der Waals surface area contributed by atoms with Gasteiger partial charge in [-0.25, -0.2) is 0 Å². The maximum atomic E-state index is 13.5.